The fourth-order valence-corrected chi connectivity index (χ4v) is 4.25. The number of hydrogen-bond donors (Lipinski definition) is 0. The fourth-order valence-electron chi connectivity index (χ4n) is 3.08. The first-order chi connectivity index (χ1) is 13.1. The molecule has 0 radical (unpaired) electrons. The Labute approximate surface area is 170 Å². The number of aromatic nitrogens is 1. The average Bonchev–Trinajstić information content (AvgIpc) is 3.14. The molecule has 4 nitrogen and oxygen atoms in total. The van der Waals surface area contributed by atoms with Gasteiger partial charge in [-0.15, -0.1) is 11.3 Å². The molecule has 6 heteroatoms. The summed E-state index contributed by atoms with van der Waals surface area (Å²) < 4.78 is 6.66. The van der Waals surface area contributed by atoms with E-state index in [9.17, 15) is 4.79 Å². The smallest absolute Gasteiger partial charge is 0.265 e. The number of rotatable bonds is 5. The molecule has 0 atom stereocenters. The third-order valence-electron chi connectivity index (χ3n) is 4.47. The van der Waals surface area contributed by atoms with Crippen LogP contribution in [0.15, 0.2) is 52.3 Å². The van der Waals surface area contributed by atoms with Crippen LogP contribution in [0.3, 0.4) is 0 Å². The lowest BCUT2D eigenvalue weighted by atomic mass is 10.1. The zero-order chi connectivity index (χ0) is 18.8. The van der Waals surface area contributed by atoms with E-state index in [1.165, 1.54) is 0 Å². The Kier molecular flexibility index (Phi) is 5.27. The van der Waals surface area contributed by atoms with Crippen molar-refractivity contribution in [3.05, 3.63) is 62.9 Å². The van der Waals surface area contributed by atoms with Crippen molar-refractivity contribution in [2.45, 2.75) is 26.3 Å². The van der Waals surface area contributed by atoms with Gasteiger partial charge in [0.25, 0.3) is 5.91 Å². The highest BCUT2D eigenvalue weighted by molar-refractivity contribution is 9.10. The normalized spacial score (nSPS) is 13.4. The van der Waals surface area contributed by atoms with Gasteiger partial charge in [-0.05, 0) is 48.7 Å². The number of benzene rings is 2. The molecule has 3 aromatic rings. The first-order valence-corrected chi connectivity index (χ1v) is 10.6. The molecule has 1 aromatic heterocycles. The van der Waals surface area contributed by atoms with Crippen LogP contribution in [-0.4, -0.2) is 17.5 Å². The summed E-state index contributed by atoms with van der Waals surface area (Å²) in [6, 6.07) is 14.0. The Bertz CT molecular complexity index is 969. The van der Waals surface area contributed by atoms with E-state index in [0.717, 1.165) is 50.6 Å². The molecular weight excluding hydrogens is 424 g/mol. The van der Waals surface area contributed by atoms with Crippen molar-refractivity contribution in [2.75, 3.05) is 11.5 Å². The molecular formula is C21H19BrN2O2S. The zero-order valence-electron chi connectivity index (χ0n) is 14.9. The number of carbonyl (C=O) groups is 1. The summed E-state index contributed by atoms with van der Waals surface area (Å²) in [4.78, 5) is 19.1. The number of ether oxygens (including phenoxy) is 1. The van der Waals surface area contributed by atoms with Gasteiger partial charge in [-0.1, -0.05) is 35.0 Å². The summed E-state index contributed by atoms with van der Waals surface area (Å²) in [7, 11) is 0. The predicted molar refractivity (Wildman–Crippen MR) is 112 cm³/mol. The van der Waals surface area contributed by atoms with Crippen molar-refractivity contribution in [3.8, 4) is 17.0 Å². The second kappa shape index (κ2) is 7.82. The highest BCUT2D eigenvalue weighted by atomic mass is 79.9. The van der Waals surface area contributed by atoms with Gasteiger partial charge in [0.05, 0.1) is 22.9 Å². The summed E-state index contributed by atoms with van der Waals surface area (Å²) in [6.45, 7) is 2.74. The molecule has 0 unspecified atom stereocenters. The fraction of sp³-hybridized carbons (Fsp3) is 0.238. The van der Waals surface area contributed by atoms with Crippen LogP contribution in [0.4, 0.5) is 5.69 Å². The molecule has 2 aromatic carbocycles. The summed E-state index contributed by atoms with van der Waals surface area (Å²) in [6.07, 6.45) is 2.08. The number of hydrogen-bond acceptors (Lipinski definition) is 4. The summed E-state index contributed by atoms with van der Waals surface area (Å²) in [5, 5.41) is 3.22. The maximum Gasteiger partial charge on any atom is 0.265 e. The lowest BCUT2D eigenvalue weighted by molar-refractivity contribution is -0.121. The number of thiazole rings is 1. The lowest BCUT2D eigenvalue weighted by Gasteiger charge is -2.30. The number of halogens is 1. The highest BCUT2D eigenvalue weighted by Crippen LogP contribution is 2.37. The second-order valence-corrected chi connectivity index (χ2v) is 8.31. The van der Waals surface area contributed by atoms with Crippen LogP contribution in [-0.2, 0) is 17.8 Å². The van der Waals surface area contributed by atoms with Crippen LogP contribution >= 0.6 is 27.3 Å². The molecule has 1 amide bonds. The molecule has 27 heavy (non-hydrogen) atoms. The van der Waals surface area contributed by atoms with E-state index in [4.69, 9.17) is 9.72 Å². The van der Waals surface area contributed by atoms with E-state index < -0.39 is 0 Å². The number of fused-ring (bicyclic) bond motifs is 1. The predicted octanol–water partition coefficient (Wildman–Crippen LogP) is 5.45. The van der Waals surface area contributed by atoms with Gasteiger partial charge in [-0.2, -0.15) is 0 Å². The topological polar surface area (TPSA) is 42.4 Å². The number of carbonyl (C=O) groups excluding carboxylic acids is 1. The third-order valence-corrected chi connectivity index (χ3v) is 5.90. The maximum absolute atomic E-state index is 12.5. The second-order valence-electron chi connectivity index (χ2n) is 6.45. The van der Waals surface area contributed by atoms with E-state index in [0.29, 0.717) is 6.54 Å². The Hall–Kier alpha value is -2.18. The molecule has 1 aliphatic rings. The van der Waals surface area contributed by atoms with Gasteiger partial charge >= 0.3 is 0 Å². The van der Waals surface area contributed by atoms with Crippen LogP contribution < -0.4 is 9.64 Å². The van der Waals surface area contributed by atoms with E-state index in [-0.39, 0.29) is 12.5 Å². The van der Waals surface area contributed by atoms with Gasteiger partial charge in [-0.25, -0.2) is 4.98 Å². The van der Waals surface area contributed by atoms with Crippen molar-refractivity contribution in [3.63, 3.8) is 0 Å². The van der Waals surface area contributed by atoms with Crippen LogP contribution in [0.5, 0.6) is 5.75 Å². The summed E-state index contributed by atoms with van der Waals surface area (Å²) in [5.41, 5.74) is 3.83. The van der Waals surface area contributed by atoms with Gasteiger partial charge in [0, 0.05) is 15.4 Å². The van der Waals surface area contributed by atoms with E-state index in [1.807, 2.05) is 42.5 Å². The molecule has 0 spiro atoms. The monoisotopic (exact) mass is 442 g/mol. The standard InChI is InChI=1S/C21H19BrN2O2S/c1-2-3-20-23-17(13-27-20)15-6-9-19-18(10-15)24(21(25)12-26-19)11-14-4-7-16(22)8-5-14/h4-10,13H,2-3,11-12H2,1H3. The minimum Gasteiger partial charge on any atom is -0.482 e. The summed E-state index contributed by atoms with van der Waals surface area (Å²) in [5.74, 6) is 0.701. The van der Waals surface area contributed by atoms with E-state index in [2.05, 4.69) is 28.2 Å². The average molecular weight is 443 g/mol. The Balaban J connectivity index is 1.67. The molecule has 4 rings (SSSR count). The molecule has 0 saturated heterocycles. The van der Waals surface area contributed by atoms with Gasteiger partial charge in [0.2, 0.25) is 0 Å². The first-order valence-electron chi connectivity index (χ1n) is 8.90. The van der Waals surface area contributed by atoms with Gasteiger partial charge in [-0.3, -0.25) is 4.79 Å². The molecule has 2 heterocycles. The van der Waals surface area contributed by atoms with Crippen LogP contribution in [0.25, 0.3) is 11.3 Å². The van der Waals surface area contributed by atoms with Crippen molar-refractivity contribution < 1.29 is 9.53 Å². The lowest BCUT2D eigenvalue weighted by Crippen LogP contribution is -2.38. The molecule has 0 N–H and O–H groups in total. The van der Waals surface area contributed by atoms with Crippen molar-refractivity contribution >= 4 is 38.9 Å². The van der Waals surface area contributed by atoms with E-state index in [1.54, 1.807) is 16.2 Å². The molecule has 0 aliphatic carbocycles. The number of aryl methyl sites for hydroxylation is 1. The minimum absolute atomic E-state index is 0.0347. The zero-order valence-corrected chi connectivity index (χ0v) is 17.3. The molecule has 1 aliphatic heterocycles. The van der Waals surface area contributed by atoms with Gasteiger partial charge in [0.1, 0.15) is 5.75 Å². The van der Waals surface area contributed by atoms with Crippen molar-refractivity contribution in [1.29, 1.82) is 0 Å². The Morgan fingerprint density at radius 1 is 1.22 bits per heavy atom. The van der Waals surface area contributed by atoms with Crippen molar-refractivity contribution in [2.24, 2.45) is 0 Å². The molecule has 0 bridgehead atoms. The SMILES string of the molecule is CCCc1nc(-c2ccc3c(c2)N(Cc2ccc(Br)cc2)C(=O)CO3)cs1. The number of anilines is 1. The largest absolute Gasteiger partial charge is 0.482 e. The van der Waals surface area contributed by atoms with E-state index >= 15 is 0 Å². The van der Waals surface area contributed by atoms with Gasteiger partial charge < -0.3 is 9.64 Å². The maximum atomic E-state index is 12.5. The van der Waals surface area contributed by atoms with Crippen LogP contribution in [0.2, 0.25) is 0 Å². The molecule has 138 valence electrons. The Morgan fingerprint density at radius 2 is 2.04 bits per heavy atom. The third kappa shape index (κ3) is 3.92. The van der Waals surface area contributed by atoms with Crippen molar-refractivity contribution in [1.82, 2.24) is 4.98 Å². The van der Waals surface area contributed by atoms with Crippen LogP contribution in [0.1, 0.15) is 23.9 Å². The highest BCUT2D eigenvalue weighted by Gasteiger charge is 2.26. The minimum atomic E-state index is -0.0347. The number of amides is 1. The first kappa shape index (κ1) is 18.2. The summed E-state index contributed by atoms with van der Waals surface area (Å²) >= 11 is 5.13. The quantitative estimate of drug-likeness (QED) is 0.527. The Morgan fingerprint density at radius 3 is 2.81 bits per heavy atom. The van der Waals surface area contributed by atoms with Crippen LogP contribution in [0, 0.1) is 0 Å². The molecule has 0 saturated carbocycles. The number of nitrogens with zero attached hydrogens (tertiary/aromatic N) is 2. The van der Waals surface area contributed by atoms with Gasteiger partial charge in [0.15, 0.2) is 6.61 Å². The molecule has 0 fully saturated rings.